The van der Waals surface area contributed by atoms with Crippen molar-refractivity contribution in [3.8, 4) is 0 Å². The summed E-state index contributed by atoms with van der Waals surface area (Å²) in [6.07, 6.45) is -3.90. The van der Waals surface area contributed by atoms with E-state index < -0.39 is 60.6 Å². The summed E-state index contributed by atoms with van der Waals surface area (Å²) in [7, 11) is 0. The number of nitrogens with two attached hydrogens (primary N) is 2. The van der Waals surface area contributed by atoms with Crippen LogP contribution in [-0.2, 0) is 19.2 Å². The SMILES string of the molecule is NC(CC(=O)O)(CC(=O)O)C(N)(CC(=O)O)CC(=O)O.[H-].[H-].[H-].[H-].[Mg+2].[Na+].[Na+]. The van der Waals surface area contributed by atoms with Gasteiger partial charge in [0.05, 0.1) is 36.8 Å². The molecule has 0 bridgehead atoms. The molecule has 0 aromatic heterocycles. The second-order valence-corrected chi connectivity index (χ2v) is 4.59. The minimum atomic E-state index is -2.22. The summed E-state index contributed by atoms with van der Waals surface area (Å²) in [4.78, 5) is 43.2. The first-order chi connectivity index (χ1) is 8.92. The van der Waals surface area contributed by atoms with E-state index in [2.05, 4.69) is 0 Å². The summed E-state index contributed by atoms with van der Waals surface area (Å²) in [5.74, 6) is -6.06. The van der Waals surface area contributed by atoms with Gasteiger partial charge in [-0.2, -0.15) is 0 Å². The summed E-state index contributed by atoms with van der Waals surface area (Å²) < 4.78 is 0. The summed E-state index contributed by atoms with van der Waals surface area (Å²) in [5, 5.41) is 35.1. The van der Waals surface area contributed by atoms with Crippen LogP contribution in [0.25, 0.3) is 0 Å². The van der Waals surface area contributed by atoms with Crippen LogP contribution in [0.5, 0.6) is 0 Å². The second kappa shape index (κ2) is 12.9. The Morgan fingerprint density at radius 2 is 0.783 bits per heavy atom. The maximum atomic E-state index is 10.8. The first-order valence-electron chi connectivity index (χ1n) is 5.37. The normalized spacial score (nSPS) is 10.3. The monoisotopic (exact) mass is 366 g/mol. The minimum absolute atomic E-state index is 0. The van der Waals surface area contributed by atoms with E-state index in [4.69, 9.17) is 31.9 Å². The number of carbonyl (C=O) groups is 4. The molecule has 23 heavy (non-hydrogen) atoms. The van der Waals surface area contributed by atoms with Crippen molar-refractivity contribution >= 4 is 46.9 Å². The van der Waals surface area contributed by atoms with Crippen molar-refractivity contribution in [2.45, 2.75) is 36.8 Å². The van der Waals surface area contributed by atoms with Crippen molar-refractivity contribution in [2.75, 3.05) is 0 Å². The molecule has 0 radical (unpaired) electrons. The number of carboxylic acids is 4. The summed E-state index contributed by atoms with van der Waals surface area (Å²) in [6.45, 7) is 0. The molecular formula is C10H20MgN2Na2O8. The molecule has 0 saturated heterocycles. The van der Waals surface area contributed by atoms with Crippen LogP contribution in [0.1, 0.15) is 31.4 Å². The second-order valence-electron chi connectivity index (χ2n) is 4.59. The van der Waals surface area contributed by atoms with Gasteiger partial charge in [0.25, 0.3) is 0 Å². The topological polar surface area (TPSA) is 201 Å². The van der Waals surface area contributed by atoms with Gasteiger partial charge in [-0.05, 0) is 0 Å². The van der Waals surface area contributed by atoms with Gasteiger partial charge in [-0.1, -0.05) is 0 Å². The van der Waals surface area contributed by atoms with Gasteiger partial charge in [0.1, 0.15) is 0 Å². The number of aliphatic carboxylic acids is 4. The maximum absolute atomic E-state index is 10.8. The predicted octanol–water partition coefficient (Wildman–Crippen LogP) is -7.64. The largest absolute Gasteiger partial charge is 2.00 e. The van der Waals surface area contributed by atoms with Gasteiger partial charge in [0, 0.05) is 0 Å². The van der Waals surface area contributed by atoms with Gasteiger partial charge in [-0.25, -0.2) is 0 Å². The predicted molar refractivity (Wildman–Crippen MR) is 73.1 cm³/mol. The molecular weight excluding hydrogens is 346 g/mol. The first-order valence-corrected chi connectivity index (χ1v) is 5.37. The van der Waals surface area contributed by atoms with Crippen LogP contribution in [-0.4, -0.2) is 78.4 Å². The molecule has 13 heteroatoms. The zero-order valence-electron chi connectivity index (χ0n) is 17.1. The molecule has 0 aromatic rings. The van der Waals surface area contributed by atoms with Crippen molar-refractivity contribution in [3.63, 3.8) is 0 Å². The van der Waals surface area contributed by atoms with E-state index in [9.17, 15) is 19.2 Å². The fourth-order valence-corrected chi connectivity index (χ4v) is 1.91. The van der Waals surface area contributed by atoms with Crippen LogP contribution in [0.4, 0.5) is 0 Å². The molecule has 122 valence electrons. The standard InChI is InChI=1S/C10H16N2O8.Mg.2Na.4H/c11-9(1-5(13)14,2-6(15)16)10(12,3-7(17)18)4-8(19)20;;;;;;;/h1-4,11-12H2,(H,13,14)(H,15,16)(H,17,18)(H,19,20);;;;;;;/q;+2;2*+1;4*-1. The Kier molecular flexibility index (Phi) is 17.5. The summed E-state index contributed by atoms with van der Waals surface area (Å²) in [6, 6.07) is 0. The molecule has 10 nitrogen and oxygen atoms in total. The van der Waals surface area contributed by atoms with Gasteiger partial charge >= 0.3 is 106 Å². The van der Waals surface area contributed by atoms with E-state index in [0.29, 0.717) is 0 Å². The zero-order valence-corrected chi connectivity index (χ0v) is 18.5. The Morgan fingerprint density at radius 3 is 0.870 bits per heavy atom. The molecule has 0 aliphatic rings. The Bertz CT molecular complexity index is 393. The zero-order chi connectivity index (χ0) is 16.1. The van der Waals surface area contributed by atoms with Crippen molar-refractivity contribution in [1.82, 2.24) is 0 Å². The summed E-state index contributed by atoms with van der Waals surface area (Å²) >= 11 is 0. The van der Waals surface area contributed by atoms with Crippen molar-refractivity contribution in [2.24, 2.45) is 11.5 Å². The summed E-state index contributed by atoms with van der Waals surface area (Å²) in [5.41, 5.74) is 6.88. The fraction of sp³-hybridized carbons (Fsp3) is 0.600. The smallest absolute Gasteiger partial charge is 1.00 e. The third-order valence-corrected chi connectivity index (χ3v) is 2.86. The Morgan fingerprint density at radius 1 is 0.652 bits per heavy atom. The average Bonchev–Trinajstić information content (AvgIpc) is 2.10. The minimum Gasteiger partial charge on any atom is -1.00 e. The molecule has 0 aromatic carbocycles. The van der Waals surface area contributed by atoms with E-state index >= 15 is 0 Å². The average molecular weight is 367 g/mol. The number of rotatable bonds is 9. The van der Waals surface area contributed by atoms with Crippen LogP contribution in [0.3, 0.4) is 0 Å². The molecule has 0 saturated carbocycles. The molecule has 0 spiro atoms. The fourth-order valence-electron chi connectivity index (χ4n) is 1.91. The van der Waals surface area contributed by atoms with Gasteiger partial charge < -0.3 is 37.6 Å². The molecule has 8 N–H and O–H groups in total. The van der Waals surface area contributed by atoms with Crippen molar-refractivity contribution in [3.05, 3.63) is 0 Å². The van der Waals surface area contributed by atoms with E-state index in [-0.39, 0.29) is 87.9 Å². The van der Waals surface area contributed by atoms with E-state index in [1.54, 1.807) is 0 Å². The van der Waals surface area contributed by atoms with Crippen LogP contribution >= 0.6 is 0 Å². The first kappa shape index (κ1) is 31.3. The molecule has 0 unspecified atom stereocenters. The molecule has 0 fully saturated rings. The van der Waals surface area contributed by atoms with Crippen LogP contribution in [0.2, 0.25) is 0 Å². The molecule has 0 aliphatic heterocycles. The number of hydrogen-bond acceptors (Lipinski definition) is 6. The molecule has 0 rings (SSSR count). The van der Waals surface area contributed by atoms with Crippen molar-refractivity contribution in [1.29, 1.82) is 0 Å². The maximum Gasteiger partial charge on any atom is 2.00 e. The molecule has 0 heterocycles. The van der Waals surface area contributed by atoms with E-state index in [0.717, 1.165) is 0 Å². The molecule has 0 aliphatic carbocycles. The van der Waals surface area contributed by atoms with Gasteiger partial charge in [0.2, 0.25) is 0 Å². The van der Waals surface area contributed by atoms with Gasteiger partial charge in [0.15, 0.2) is 0 Å². The van der Waals surface area contributed by atoms with Gasteiger partial charge in [-0.3, -0.25) is 19.2 Å². The van der Waals surface area contributed by atoms with Gasteiger partial charge in [-0.15, -0.1) is 0 Å². The Balaban J connectivity index is -0.0000000860. The third kappa shape index (κ3) is 10.9. The molecule has 0 atom stereocenters. The van der Waals surface area contributed by atoms with E-state index in [1.165, 1.54) is 0 Å². The number of carboxylic acid groups (broad SMARTS) is 4. The Labute approximate surface area is 198 Å². The van der Waals surface area contributed by atoms with Crippen LogP contribution < -0.4 is 70.6 Å². The molecule has 0 amide bonds. The quantitative estimate of drug-likeness (QED) is 0.213. The van der Waals surface area contributed by atoms with Crippen LogP contribution in [0, 0.1) is 0 Å². The number of hydrogen-bond donors (Lipinski definition) is 6. The van der Waals surface area contributed by atoms with E-state index in [1.807, 2.05) is 0 Å². The Hall–Kier alpha value is 0.566. The third-order valence-electron chi connectivity index (χ3n) is 2.86. The van der Waals surface area contributed by atoms with Crippen LogP contribution in [0.15, 0.2) is 0 Å². The van der Waals surface area contributed by atoms with Crippen molar-refractivity contribution < 1.29 is 104 Å².